The van der Waals surface area contributed by atoms with Crippen molar-refractivity contribution in [2.24, 2.45) is 5.16 Å². The molecule has 0 aliphatic carbocycles. The van der Waals surface area contributed by atoms with Crippen LogP contribution in [0.15, 0.2) is 95.7 Å². The van der Waals surface area contributed by atoms with Gasteiger partial charge in [0.1, 0.15) is 12.3 Å². The number of hydrogen-bond donors (Lipinski definition) is 0. The van der Waals surface area contributed by atoms with Crippen molar-refractivity contribution in [3.8, 4) is 11.5 Å². The van der Waals surface area contributed by atoms with Gasteiger partial charge < -0.3 is 14.3 Å². The first kappa shape index (κ1) is 21.7. The van der Waals surface area contributed by atoms with Gasteiger partial charge in [-0.3, -0.25) is 0 Å². The monoisotopic (exact) mass is 469 g/mol. The molecule has 1 aliphatic rings. The van der Waals surface area contributed by atoms with Crippen LogP contribution in [0.2, 0.25) is 5.02 Å². The number of fused-ring (bicyclic) bond motifs is 1. The molecule has 0 aromatic heterocycles. The van der Waals surface area contributed by atoms with Gasteiger partial charge in [-0.1, -0.05) is 89.6 Å². The first-order valence-corrected chi connectivity index (χ1v) is 11.1. The topological polar surface area (TPSA) is 57.1 Å². The van der Waals surface area contributed by atoms with Crippen LogP contribution in [0.25, 0.3) is 16.8 Å². The number of halogens is 1. The van der Waals surface area contributed by atoms with Crippen LogP contribution < -0.4 is 9.47 Å². The highest BCUT2D eigenvalue weighted by atomic mass is 35.5. The third-order valence-electron chi connectivity index (χ3n) is 5.56. The van der Waals surface area contributed by atoms with Crippen molar-refractivity contribution in [1.82, 2.24) is 0 Å². The fourth-order valence-electron chi connectivity index (χ4n) is 3.91. The van der Waals surface area contributed by atoms with Gasteiger partial charge >= 0.3 is 5.97 Å². The highest BCUT2D eigenvalue weighted by Gasteiger charge is 2.27. The Bertz CT molecular complexity index is 1440. The van der Waals surface area contributed by atoms with Crippen molar-refractivity contribution in [2.75, 3.05) is 7.11 Å². The highest BCUT2D eigenvalue weighted by molar-refractivity contribution is 6.33. The molecular formula is C28H20ClNO4. The summed E-state index contributed by atoms with van der Waals surface area (Å²) in [6.07, 6.45) is 1.68. The Hall–Kier alpha value is -4.09. The number of ether oxygens (including phenoxy) is 2. The molecule has 34 heavy (non-hydrogen) atoms. The second-order valence-electron chi connectivity index (χ2n) is 7.70. The van der Waals surface area contributed by atoms with Crippen molar-refractivity contribution < 1.29 is 19.1 Å². The van der Waals surface area contributed by atoms with Crippen molar-refractivity contribution in [3.63, 3.8) is 0 Å². The second-order valence-corrected chi connectivity index (χ2v) is 8.11. The maximum absolute atomic E-state index is 12.3. The van der Waals surface area contributed by atoms with Gasteiger partial charge in [-0.05, 0) is 40.1 Å². The summed E-state index contributed by atoms with van der Waals surface area (Å²) < 4.78 is 11.7. The fraction of sp³-hybridized carbons (Fsp3) is 0.0714. The van der Waals surface area contributed by atoms with E-state index in [1.165, 1.54) is 0 Å². The van der Waals surface area contributed by atoms with Crippen molar-refractivity contribution >= 4 is 40.1 Å². The van der Waals surface area contributed by atoms with Crippen LogP contribution in [-0.4, -0.2) is 18.8 Å². The zero-order valence-corrected chi connectivity index (χ0v) is 19.1. The van der Waals surface area contributed by atoms with Crippen LogP contribution in [0.1, 0.15) is 16.7 Å². The molecule has 0 bridgehead atoms. The standard InChI is InChI=1S/C28H20ClNO4/c1-32-25-16-18(14-23-26(30-34-28(23)31)20-9-3-2-4-10-20)15-24(29)27(25)33-17-21-12-7-11-19-8-5-6-13-22(19)21/h2-16H,17H2,1H3/b23-14-. The van der Waals surface area contributed by atoms with Crippen molar-refractivity contribution in [1.29, 1.82) is 0 Å². The van der Waals surface area contributed by atoms with Gasteiger partial charge in [0.05, 0.1) is 17.7 Å². The molecule has 0 N–H and O–H groups in total. The smallest absolute Gasteiger partial charge is 0.368 e. The summed E-state index contributed by atoms with van der Waals surface area (Å²) in [7, 11) is 1.55. The quantitative estimate of drug-likeness (QED) is 0.241. The molecule has 5 nitrogen and oxygen atoms in total. The lowest BCUT2D eigenvalue weighted by molar-refractivity contribution is -0.136. The molecular weight excluding hydrogens is 450 g/mol. The number of nitrogens with zero attached hydrogens (tertiary/aromatic N) is 1. The molecule has 1 heterocycles. The van der Waals surface area contributed by atoms with E-state index >= 15 is 0 Å². The van der Waals surface area contributed by atoms with Crippen LogP contribution in [0, 0.1) is 0 Å². The van der Waals surface area contributed by atoms with Crippen LogP contribution >= 0.6 is 11.6 Å². The zero-order valence-electron chi connectivity index (χ0n) is 18.3. The molecule has 5 rings (SSSR count). The molecule has 0 radical (unpaired) electrons. The molecule has 0 fully saturated rings. The lowest BCUT2D eigenvalue weighted by Crippen LogP contribution is -2.06. The summed E-state index contributed by atoms with van der Waals surface area (Å²) in [5, 5.41) is 6.58. The van der Waals surface area contributed by atoms with Gasteiger partial charge in [-0.25, -0.2) is 4.79 Å². The van der Waals surface area contributed by atoms with Gasteiger partial charge in [0.15, 0.2) is 11.5 Å². The zero-order chi connectivity index (χ0) is 23.5. The maximum Gasteiger partial charge on any atom is 0.368 e. The summed E-state index contributed by atoms with van der Waals surface area (Å²) in [5.74, 6) is 0.375. The molecule has 6 heteroatoms. The van der Waals surface area contributed by atoms with Crippen LogP contribution in [0.4, 0.5) is 0 Å². The Balaban J connectivity index is 1.45. The number of benzene rings is 4. The SMILES string of the molecule is COc1cc(/C=C2\C(=O)ON=C2c2ccccc2)cc(Cl)c1OCc1cccc2ccccc12. The van der Waals surface area contributed by atoms with E-state index in [-0.39, 0.29) is 0 Å². The average molecular weight is 470 g/mol. The number of carbonyl (C=O) groups is 1. The molecule has 168 valence electrons. The Morgan fingerprint density at radius 3 is 2.56 bits per heavy atom. The van der Waals surface area contributed by atoms with E-state index < -0.39 is 5.97 Å². The third kappa shape index (κ3) is 4.26. The fourth-order valence-corrected chi connectivity index (χ4v) is 4.19. The number of rotatable bonds is 6. The molecule has 0 spiro atoms. The van der Waals surface area contributed by atoms with E-state index in [0.717, 1.165) is 21.9 Å². The molecule has 0 amide bonds. The molecule has 0 saturated carbocycles. The van der Waals surface area contributed by atoms with Crippen LogP contribution in [-0.2, 0) is 16.2 Å². The Kier molecular flexibility index (Phi) is 6.02. The predicted molar refractivity (Wildman–Crippen MR) is 133 cm³/mol. The summed E-state index contributed by atoms with van der Waals surface area (Å²) in [6.45, 7) is 0.328. The van der Waals surface area contributed by atoms with E-state index in [9.17, 15) is 4.79 Å². The largest absolute Gasteiger partial charge is 0.493 e. The summed E-state index contributed by atoms with van der Waals surface area (Å²) >= 11 is 6.59. The maximum atomic E-state index is 12.3. The Morgan fingerprint density at radius 1 is 0.971 bits per heavy atom. The number of carbonyl (C=O) groups excluding carboxylic acids is 1. The molecule has 4 aromatic rings. The normalized spacial score (nSPS) is 14.2. The first-order chi connectivity index (χ1) is 16.6. The van der Waals surface area contributed by atoms with E-state index in [0.29, 0.717) is 40.0 Å². The van der Waals surface area contributed by atoms with Gasteiger partial charge in [0, 0.05) is 5.56 Å². The molecule has 0 atom stereocenters. The number of hydrogen-bond acceptors (Lipinski definition) is 5. The van der Waals surface area contributed by atoms with Gasteiger partial charge in [0.25, 0.3) is 0 Å². The third-order valence-corrected chi connectivity index (χ3v) is 5.84. The van der Waals surface area contributed by atoms with E-state index in [1.54, 1.807) is 25.3 Å². The molecule has 4 aromatic carbocycles. The Labute approximate surface area is 201 Å². The van der Waals surface area contributed by atoms with E-state index in [4.69, 9.17) is 25.9 Å². The lowest BCUT2D eigenvalue weighted by Gasteiger charge is -2.14. The van der Waals surface area contributed by atoms with Crippen molar-refractivity contribution in [3.05, 3.63) is 112 Å². The minimum absolute atomic E-state index is 0.328. The van der Waals surface area contributed by atoms with Gasteiger partial charge in [-0.2, -0.15) is 0 Å². The predicted octanol–water partition coefficient (Wildman–Crippen LogP) is 6.43. The number of methoxy groups -OCH3 is 1. The second kappa shape index (κ2) is 9.41. The van der Waals surface area contributed by atoms with Gasteiger partial charge in [-0.15, -0.1) is 0 Å². The van der Waals surface area contributed by atoms with E-state index in [2.05, 4.69) is 23.4 Å². The minimum atomic E-state index is -0.523. The summed E-state index contributed by atoms with van der Waals surface area (Å²) in [4.78, 5) is 17.3. The average Bonchev–Trinajstić information content (AvgIpc) is 3.23. The summed E-state index contributed by atoms with van der Waals surface area (Å²) in [6, 6.07) is 27.1. The van der Waals surface area contributed by atoms with Crippen LogP contribution in [0.3, 0.4) is 0 Å². The van der Waals surface area contributed by atoms with Gasteiger partial charge in [0.2, 0.25) is 0 Å². The molecule has 0 unspecified atom stereocenters. The van der Waals surface area contributed by atoms with Crippen molar-refractivity contribution in [2.45, 2.75) is 6.61 Å². The lowest BCUT2D eigenvalue weighted by atomic mass is 10.0. The number of oxime groups is 1. The molecule has 1 aliphatic heterocycles. The van der Waals surface area contributed by atoms with E-state index in [1.807, 2.05) is 54.6 Å². The highest BCUT2D eigenvalue weighted by Crippen LogP contribution is 2.38. The molecule has 0 saturated heterocycles. The van der Waals surface area contributed by atoms with Crippen LogP contribution in [0.5, 0.6) is 11.5 Å². The summed E-state index contributed by atoms with van der Waals surface area (Å²) in [5.41, 5.74) is 3.30. The first-order valence-electron chi connectivity index (χ1n) is 10.7. The minimum Gasteiger partial charge on any atom is -0.493 e. The Morgan fingerprint density at radius 2 is 1.74 bits per heavy atom.